The van der Waals surface area contributed by atoms with Gasteiger partial charge in [0, 0.05) is 5.69 Å². The van der Waals surface area contributed by atoms with E-state index in [-0.39, 0.29) is 12.3 Å². The van der Waals surface area contributed by atoms with Gasteiger partial charge >= 0.3 is 5.97 Å². The molecule has 10 nitrogen and oxygen atoms in total. The Morgan fingerprint density at radius 3 is 2.40 bits per heavy atom. The second kappa shape index (κ2) is 11.2. The standard InChI is InChI=1S/C20H23N3O7/c1-3-28-15-8-6-14(7-9-15)23-19(26)13(2)30-18(25)12-21-17(24)11-22-20(27)16-5-4-10-29-16/h4-10,13H,3,11-12H2,1-2H3,(H,21,24)(H,22,27)(H,23,26)/t13-/m0/s1. The zero-order valence-electron chi connectivity index (χ0n) is 16.6. The zero-order chi connectivity index (χ0) is 21.9. The fraction of sp³-hybridized carbons (Fsp3) is 0.300. The Balaban J connectivity index is 1.68. The van der Waals surface area contributed by atoms with Crippen molar-refractivity contribution in [1.29, 1.82) is 0 Å². The van der Waals surface area contributed by atoms with E-state index in [9.17, 15) is 19.2 Å². The molecule has 0 aliphatic heterocycles. The highest BCUT2D eigenvalue weighted by molar-refractivity contribution is 5.96. The molecular weight excluding hydrogens is 394 g/mol. The van der Waals surface area contributed by atoms with Crippen LogP contribution in [0.15, 0.2) is 47.1 Å². The maximum Gasteiger partial charge on any atom is 0.326 e. The molecule has 2 aromatic rings. The van der Waals surface area contributed by atoms with Crippen LogP contribution >= 0.6 is 0 Å². The lowest BCUT2D eigenvalue weighted by atomic mass is 10.3. The summed E-state index contributed by atoms with van der Waals surface area (Å²) in [6, 6.07) is 9.72. The highest BCUT2D eigenvalue weighted by Crippen LogP contribution is 2.16. The molecule has 1 atom stereocenters. The molecule has 0 spiro atoms. The van der Waals surface area contributed by atoms with Crippen molar-refractivity contribution in [2.45, 2.75) is 20.0 Å². The van der Waals surface area contributed by atoms with Crippen molar-refractivity contribution < 1.29 is 33.1 Å². The summed E-state index contributed by atoms with van der Waals surface area (Å²) in [4.78, 5) is 47.3. The Morgan fingerprint density at radius 1 is 1.03 bits per heavy atom. The molecular formula is C20H23N3O7. The van der Waals surface area contributed by atoms with Gasteiger partial charge in [0.25, 0.3) is 11.8 Å². The van der Waals surface area contributed by atoms with E-state index in [0.29, 0.717) is 18.0 Å². The first-order valence-electron chi connectivity index (χ1n) is 9.20. The van der Waals surface area contributed by atoms with Gasteiger partial charge in [-0.15, -0.1) is 0 Å². The Morgan fingerprint density at radius 2 is 1.77 bits per heavy atom. The molecule has 3 N–H and O–H groups in total. The summed E-state index contributed by atoms with van der Waals surface area (Å²) in [5, 5.41) is 7.24. The molecule has 0 bridgehead atoms. The summed E-state index contributed by atoms with van der Waals surface area (Å²) in [6.07, 6.45) is 0.262. The average Bonchev–Trinajstić information content (AvgIpc) is 3.27. The molecule has 0 saturated carbocycles. The number of hydrogen-bond donors (Lipinski definition) is 3. The highest BCUT2D eigenvalue weighted by Gasteiger charge is 2.18. The van der Waals surface area contributed by atoms with E-state index in [1.807, 2.05) is 6.92 Å². The SMILES string of the molecule is CCOc1ccc(NC(=O)[C@H](C)OC(=O)CNC(=O)CNC(=O)c2ccco2)cc1. The van der Waals surface area contributed by atoms with Crippen LogP contribution in [0.1, 0.15) is 24.4 Å². The zero-order valence-corrected chi connectivity index (χ0v) is 16.6. The first-order chi connectivity index (χ1) is 14.4. The van der Waals surface area contributed by atoms with Crippen LogP contribution < -0.4 is 20.7 Å². The number of carbonyl (C=O) groups is 4. The molecule has 0 unspecified atom stereocenters. The average molecular weight is 417 g/mol. The van der Waals surface area contributed by atoms with Crippen LogP contribution in [0.2, 0.25) is 0 Å². The van der Waals surface area contributed by atoms with Crippen molar-refractivity contribution in [1.82, 2.24) is 10.6 Å². The molecule has 0 fully saturated rings. The van der Waals surface area contributed by atoms with Crippen molar-refractivity contribution >= 4 is 29.4 Å². The highest BCUT2D eigenvalue weighted by atomic mass is 16.5. The summed E-state index contributed by atoms with van der Waals surface area (Å²) in [6.45, 7) is 3.01. The Kier molecular flexibility index (Phi) is 8.42. The van der Waals surface area contributed by atoms with Crippen LogP contribution in [0.4, 0.5) is 5.69 Å². The van der Waals surface area contributed by atoms with Crippen LogP contribution in [-0.4, -0.2) is 49.5 Å². The van der Waals surface area contributed by atoms with E-state index < -0.39 is 36.3 Å². The molecule has 0 aliphatic rings. The molecule has 0 aliphatic carbocycles. The van der Waals surface area contributed by atoms with Crippen LogP contribution in [0.3, 0.4) is 0 Å². The quantitative estimate of drug-likeness (QED) is 0.492. The van der Waals surface area contributed by atoms with Gasteiger partial charge in [-0.05, 0) is 50.2 Å². The lowest BCUT2D eigenvalue weighted by molar-refractivity contribution is -0.152. The second-order valence-electron chi connectivity index (χ2n) is 6.02. The predicted octanol–water partition coefficient (Wildman–Crippen LogP) is 1.09. The van der Waals surface area contributed by atoms with Gasteiger partial charge in [-0.3, -0.25) is 19.2 Å². The van der Waals surface area contributed by atoms with Crippen molar-refractivity contribution in [3.05, 3.63) is 48.4 Å². The molecule has 0 radical (unpaired) electrons. The molecule has 160 valence electrons. The number of anilines is 1. The van der Waals surface area contributed by atoms with Crippen LogP contribution in [0, 0.1) is 0 Å². The van der Waals surface area contributed by atoms with Crippen LogP contribution in [0.5, 0.6) is 5.75 Å². The third-order valence-electron chi connectivity index (χ3n) is 3.69. The molecule has 10 heteroatoms. The summed E-state index contributed by atoms with van der Waals surface area (Å²) >= 11 is 0. The predicted molar refractivity (Wildman–Crippen MR) is 106 cm³/mol. The molecule has 1 heterocycles. The lowest BCUT2D eigenvalue weighted by Gasteiger charge is -2.14. The van der Waals surface area contributed by atoms with E-state index >= 15 is 0 Å². The largest absolute Gasteiger partial charge is 0.494 e. The van der Waals surface area contributed by atoms with Gasteiger partial charge < -0.3 is 29.8 Å². The second-order valence-corrected chi connectivity index (χ2v) is 6.02. The minimum absolute atomic E-state index is 0.0644. The number of nitrogens with one attached hydrogen (secondary N) is 3. The monoisotopic (exact) mass is 417 g/mol. The number of furan rings is 1. The summed E-state index contributed by atoms with van der Waals surface area (Å²) < 4.78 is 15.2. The van der Waals surface area contributed by atoms with Crippen LogP contribution in [0.25, 0.3) is 0 Å². The third kappa shape index (κ3) is 7.30. The van der Waals surface area contributed by atoms with E-state index in [4.69, 9.17) is 13.9 Å². The summed E-state index contributed by atoms with van der Waals surface area (Å²) in [5.41, 5.74) is 0.520. The smallest absolute Gasteiger partial charge is 0.326 e. The normalized spacial score (nSPS) is 11.1. The first kappa shape index (κ1) is 22.5. The molecule has 1 aromatic carbocycles. The summed E-state index contributed by atoms with van der Waals surface area (Å²) in [7, 11) is 0. The Hall–Kier alpha value is -3.82. The molecule has 3 amide bonds. The number of carbonyl (C=O) groups excluding carboxylic acids is 4. The van der Waals surface area contributed by atoms with Crippen molar-refractivity contribution in [2.24, 2.45) is 0 Å². The Labute approximate surface area is 172 Å². The van der Waals surface area contributed by atoms with E-state index in [1.165, 1.54) is 25.3 Å². The van der Waals surface area contributed by atoms with Crippen molar-refractivity contribution in [3.63, 3.8) is 0 Å². The maximum atomic E-state index is 12.1. The number of esters is 1. The number of hydrogen-bond acceptors (Lipinski definition) is 7. The third-order valence-corrected chi connectivity index (χ3v) is 3.69. The minimum atomic E-state index is -1.07. The molecule has 2 rings (SSSR count). The Bertz CT molecular complexity index is 863. The lowest BCUT2D eigenvalue weighted by Crippen LogP contribution is -2.40. The first-order valence-corrected chi connectivity index (χ1v) is 9.20. The fourth-order valence-electron chi connectivity index (χ4n) is 2.23. The van der Waals surface area contributed by atoms with Gasteiger partial charge in [-0.25, -0.2) is 0 Å². The van der Waals surface area contributed by atoms with Crippen LogP contribution in [-0.2, 0) is 19.1 Å². The van der Waals surface area contributed by atoms with Gasteiger partial charge in [0.2, 0.25) is 5.91 Å². The topological polar surface area (TPSA) is 136 Å². The van der Waals surface area contributed by atoms with Gasteiger partial charge in [0.1, 0.15) is 12.3 Å². The molecule has 1 aromatic heterocycles. The van der Waals surface area contributed by atoms with Crippen molar-refractivity contribution in [3.8, 4) is 5.75 Å². The van der Waals surface area contributed by atoms with Gasteiger partial charge in [0.05, 0.1) is 19.4 Å². The number of benzene rings is 1. The van der Waals surface area contributed by atoms with Gasteiger partial charge in [-0.1, -0.05) is 0 Å². The minimum Gasteiger partial charge on any atom is -0.494 e. The number of amides is 3. The number of ether oxygens (including phenoxy) is 2. The van der Waals surface area contributed by atoms with E-state index in [0.717, 1.165) is 0 Å². The van der Waals surface area contributed by atoms with Gasteiger partial charge in [0.15, 0.2) is 11.9 Å². The molecule has 0 saturated heterocycles. The van der Waals surface area contributed by atoms with E-state index in [2.05, 4.69) is 16.0 Å². The van der Waals surface area contributed by atoms with Crippen molar-refractivity contribution in [2.75, 3.05) is 25.0 Å². The maximum absolute atomic E-state index is 12.1. The number of rotatable bonds is 10. The van der Waals surface area contributed by atoms with E-state index in [1.54, 1.807) is 24.3 Å². The summed E-state index contributed by atoms with van der Waals surface area (Å²) in [5.74, 6) is -1.74. The fourth-order valence-corrected chi connectivity index (χ4v) is 2.23. The molecule has 30 heavy (non-hydrogen) atoms. The van der Waals surface area contributed by atoms with Gasteiger partial charge in [-0.2, -0.15) is 0 Å².